The molecule has 0 amide bonds. The van der Waals surface area contributed by atoms with Crippen molar-refractivity contribution in [1.82, 2.24) is 0 Å². The van der Waals surface area contributed by atoms with Crippen LogP contribution in [0.15, 0.2) is 12.3 Å². The first-order valence-corrected chi connectivity index (χ1v) is 4.64. The zero-order valence-electron chi connectivity index (χ0n) is 8.20. The molecule has 0 aromatic carbocycles. The summed E-state index contributed by atoms with van der Waals surface area (Å²) in [5.41, 5.74) is 0.267. The van der Waals surface area contributed by atoms with Crippen molar-refractivity contribution in [2.75, 3.05) is 7.11 Å². The molecule has 4 nitrogen and oxygen atoms in total. The van der Waals surface area contributed by atoms with Crippen LogP contribution in [-0.2, 0) is 4.74 Å². The lowest BCUT2D eigenvalue weighted by Crippen LogP contribution is -2.32. The van der Waals surface area contributed by atoms with E-state index in [0.717, 1.165) is 19.0 Å². The van der Waals surface area contributed by atoms with Gasteiger partial charge in [-0.25, -0.2) is 4.79 Å². The van der Waals surface area contributed by atoms with E-state index in [4.69, 9.17) is 0 Å². The second-order valence-corrected chi connectivity index (χ2v) is 3.55. The van der Waals surface area contributed by atoms with Gasteiger partial charge in [-0.1, -0.05) is 0 Å². The van der Waals surface area contributed by atoms with E-state index in [0.29, 0.717) is 10.4 Å². The molecular formula is C10H10FNO3. The summed E-state index contributed by atoms with van der Waals surface area (Å²) in [7, 11) is 1.18. The van der Waals surface area contributed by atoms with Gasteiger partial charge in [-0.2, -0.15) is 9.12 Å². The number of rotatable bonds is 2. The van der Waals surface area contributed by atoms with E-state index in [1.54, 1.807) is 0 Å². The van der Waals surface area contributed by atoms with Gasteiger partial charge in [-0.15, -0.1) is 0 Å². The molecular weight excluding hydrogens is 201 g/mol. The summed E-state index contributed by atoms with van der Waals surface area (Å²) >= 11 is 0. The fourth-order valence-electron chi connectivity index (χ4n) is 1.47. The Morgan fingerprint density at radius 2 is 2.33 bits per heavy atom. The third-order valence-electron chi connectivity index (χ3n) is 2.44. The quantitative estimate of drug-likeness (QED) is 0.418. The van der Waals surface area contributed by atoms with Gasteiger partial charge in [0.2, 0.25) is 12.0 Å². The zero-order chi connectivity index (χ0) is 11.0. The maximum atomic E-state index is 13.2. The number of aromatic nitrogens is 1. The van der Waals surface area contributed by atoms with E-state index in [9.17, 15) is 14.4 Å². The number of nitrogens with zero attached hydrogens (tertiary/aromatic N) is 1. The summed E-state index contributed by atoms with van der Waals surface area (Å²) in [4.78, 5) is 11.2. The smallest absolute Gasteiger partial charge is 0.341 e. The maximum Gasteiger partial charge on any atom is 0.341 e. The Hall–Kier alpha value is -1.65. The summed E-state index contributed by atoms with van der Waals surface area (Å²) in [5.74, 6) is -1.44. The zero-order valence-corrected chi connectivity index (χ0v) is 8.20. The molecule has 1 aliphatic rings. The van der Waals surface area contributed by atoms with E-state index in [1.807, 2.05) is 0 Å². The Morgan fingerprint density at radius 1 is 1.67 bits per heavy atom. The van der Waals surface area contributed by atoms with Crippen LogP contribution in [0.5, 0.6) is 0 Å². The lowest BCUT2D eigenvalue weighted by atomic mass is 10.1. The lowest BCUT2D eigenvalue weighted by Gasteiger charge is -2.06. The van der Waals surface area contributed by atoms with Crippen LogP contribution >= 0.6 is 0 Å². The molecule has 0 atom stereocenters. The Kier molecular flexibility index (Phi) is 2.30. The summed E-state index contributed by atoms with van der Waals surface area (Å²) in [6.45, 7) is 0. The molecule has 0 saturated heterocycles. The molecule has 1 fully saturated rings. The SMILES string of the molecule is COC(=O)c1cc(C2CC2)[n+]([O-])cc1F. The number of methoxy groups -OCH3 is 1. The molecule has 15 heavy (non-hydrogen) atoms. The average molecular weight is 211 g/mol. The molecule has 1 aromatic heterocycles. The molecule has 0 bridgehead atoms. The van der Waals surface area contributed by atoms with Gasteiger partial charge >= 0.3 is 5.97 Å². The van der Waals surface area contributed by atoms with Crippen LogP contribution in [0.2, 0.25) is 0 Å². The van der Waals surface area contributed by atoms with E-state index >= 15 is 0 Å². The molecule has 5 heteroatoms. The first-order valence-electron chi connectivity index (χ1n) is 4.64. The number of carbonyl (C=O) groups excluding carboxylic acids is 1. The van der Waals surface area contributed by atoms with Crippen molar-refractivity contribution < 1.29 is 18.7 Å². The van der Waals surface area contributed by atoms with Gasteiger partial charge < -0.3 is 9.94 Å². The Balaban J connectivity index is 2.45. The van der Waals surface area contributed by atoms with Crippen molar-refractivity contribution in [3.8, 4) is 0 Å². The second kappa shape index (κ2) is 3.49. The topological polar surface area (TPSA) is 53.2 Å². The summed E-state index contributed by atoms with van der Waals surface area (Å²) in [6, 6.07) is 1.28. The number of carbonyl (C=O) groups is 1. The lowest BCUT2D eigenvalue weighted by molar-refractivity contribution is -0.616. The maximum absolute atomic E-state index is 13.2. The van der Waals surface area contributed by atoms with Crippen LogP contribution in [-0.4, -0.2) is 13.1 Å². The van der Waals surface area contributed by atoms with Crippen LogP contribution in [0.4, 0.5) is 4.39 Å². The monoisotopic (exact) mass is 211 g/mol. The number of pyridine rings is 1. The Morgan fingerprint density at radius 3 is 2.87 bits per heavy atom. The van der Waals surface area contributed by atoms with Gasteiger partial charge in [0.1, 0.15) is 5.56 Å². The van der Waals surface area contributed by atoms with Gasteiger partial charge in [0, 0.05) is 12.0 Å². The molecule has 0 aliphatic heterocycles. The van der Waals surface area contributed by atoms with E-state index in [2.05, 4.69) is 4.74 Å². The number of ether oxygens (including phenoxy) is 1. The standard InChI is InChI=1S/C10H10FNO3/c1-15-10(13)7-4-9(6-2-3-6)12(14)5-8(7)11/h4-6H,2-3H2,1H3. The fraction of sp³-hybridized carbons (Fsp3) is 0.400. The molecule has 0 unspecified atom stereocenters. The van der Waals surface area contributed by atoms with Crippen LogP contribution in [0, 0.1) is 11.0 Å². The summed E-state index contributed by atoms with van der Waals surface area (Å²) in [5, 5.41) is 11.3. The van der Waals surface area contributed by atoms with Crippen LogP contribution in [0.1, 0.15) is 34.8 Å². The largest absolute Gasteiger partial charge is 0.618 e. The van der Waals surface area contributed by atoms with Crippen LogP contribution in [0.25, 0.3) is 0 Å². The van der Waals surface area contributed by atoms with Crippen molar-refractivity contribution in [2.24, 2.45) is 0 Å². The third-order valence-corrected chi connectivity index (χ3v) is 2.44. The molecule has 1 aliphatic carbocycles. The molecule has 0 radical (unpaired) electrons. The summed E-state index contributed by atoms with van der Waals surface area (Å²) < 4.78 is 18.1. The highest BCUT2D eigenvalue weighted by Crippen LogP contribution is 2.38. The minimum atomic E-state index is -0.846. The highest BCUT2D eigenvalue weighted by Gasteiger charge is 2.33. The average Bonchev–Trinajstić information content (AvgIpc) is 3.00. The van der Waals surface area contributed by atoms with Gasteiger partial charge in [0.15, 0.2) is 5.69 Å². The van der Waals surface area contributed by atoms with E-state index in [-0.39, 0.29) is 11.5 Å². The Labute approximate surface area is 85.9 Å². The van der Waals surface area contributed by atoms with Crippen molar-refractivity contribution in [1.29, 1.82) is 0 Å². The number of hydrogen-bond donors (Lipinski definition) is 0. The van der Waals surface area contributed by atoms with E-state index < -0.39 is 11.8 Å². The minimum absolute atomic E-state index is 0.159. The molecule has 80 valence electrons. The number of esters is 1. The third kappa shape index (κ3) is 1.77. The fourth-order valence-corrected chi connectivity index (χ4v) is 1.47. The van der Waals surface area contributed by atoms with Gasteiger partial charge in [-0.05, 0) is 12.8 Å². The molecule has 1 heterocycles. The molecule has 1 aromatic rings. The normalized spacial score (nSPS) is 15.1. The predicted octanol–water partition coefficient (Wildman–Crippen LogP) is 1.12. The molecule has 2 rings (SSSR count). The highest BCUT2D eigenvalue weighted by atomic mass is 19.1. The molecule has 1 saturated carbocycles. The van der Waals surface area contributed by atoms with Crippen LogP contribution in [0.3, 0.4) is 0 Å². The molecule has 0 spiro atoms. The van der Waals surface area contributed by atoms with Gasteiger partial charge in [0.25, 0.3) is 0 Å². The minimum Gasteiger partial charge on any atom is -0.618 e. The predicted molar refractivity (Wildman–Crippen MR) is 48.7 cm³/mol. The second-order valence-electron chi connectivity index (χ2n) is 3.55. The van der Waals surface area contributed by atoms with Crippen molar-refractivity contribution >= 4 is 5.97 Å². The molecule has 0 N–H and O–H groups in total. The van der Waals surface area contributed by atoms with Crippen molar-refractivity contribution in [3.63, 3.8) is 0 Å². The first kappa shape index (κ1) is 9.89. The summed E-state index contributed by atoms with van der Waals surface area (Å²) in [6.07, 6.45) is 2.60. The first-order chi connectivity index (χ1) is 7.13. The van der Waals surface area contributed by atoms with Gasteiger partial charge in [0.05, 0.1) is 7.11 Å². The van der Waals surface area contributed by atoms with Crippen molar-refractivity contribution in [3.05, 3.63) is 34.5 Å². The van der Waals surface area contributed by atoms with E-state index in [1.165, 1.54) is 13.2 Å². The number of hydrogen-bond acceptors (Lipinski definition) is 3. The van der Waals surface area contributed by atoms with Crippen LogP contribution < -0.4 is 4.73 Å². The van der Waals surface area contributed by atoms with Gasteiger partial charge in [-0.3, -0.25) is 0 Å². The highest BCUT2D eigenvalue weighted by molar-refractivity contribution is 5.89. The van der Waals surface area contributed by atoms with Crippen molar-refractivity contribution in [2.45, 2.75) is 18.8 Å². The Bertz CT molecular complexity index is 415. The number of halogens is 1.